The second-order valence-corrected chi connectivity index (χ2v) is 4.42. The number of hydrogen-bond acceptors (Lipinski definition) is 3. The molecule has 0 unspecified atom stereocenters. The van der Waals surface area contributed by atoms with Gasteiger partial charge in [0.1, 0.15) is 5.76 Å². The molecular formula is C15H18N2O2. The van der Waals surface area contributed by atoms with Crippen molar-refractivity contribution in [2.45, 2.75) is 20.4 Å². The van der Waals surface area contributed by atoms with Gasteiger partial charge in [-0.3, -0.25) is 4.79 Å². The summed E-state index contributed by atoms with van der Waals surface area (Å²) in [7, 11) is 0. The van der Waals surface area contributed by atoms with Crippen molar-refractivity contribution in [2.75, 3.05) is 12.3 Å². The normalized spacial score (nSPS) is 10.4. The molecular weight excluding hydrogens is 240 g/mol. The first-order valence-corrected chi connectivity index (χ1v) is 6.30. The Hall–Kier alpha value is -2.23. The van der Waals surface area contributed by atoms with Crippen molar-refractivity contribution >= 4 is 11.6 Å². The first kappa shape index (κ1) is 13.2. The summed E-state index contributed by atoms with van der Waals surface area (Å²) in [5, 5.41) is 0. The summed E-state index contributed by atoms with van der Waals surface area (Å²) in [5.41, 5.74) is 7.96. The van der Waals surface area contributed by atoms with E-state index in [0.29, 0.717) is 24.3 Å². The standard InChI is InChI=1S/C15H18N2O2/c1-3-17(10-12-6-5-9-19-12)15(18)13-7-4-8-14(16)11(13)2/h4-9H,3,10,16H2,1-2H3. The Morgan fingerprint density at radius 2 is 2.11 bits per heavy atom. The zero-order valence-corrected chi connectivity index (χ0v) is 11.2. The van der Waals surface area contributed by atoms with Crippen LogP contribution in [0.1, 0.15) is 28.6 Å². The van der Waals surface area contributed by atoms with E-state index in [9.17, 15) is 4.79 Å². The maximum atomic E-state index is 12.5. The molecule has 0 bridgehead atoms. The third kappa shape index (κ3) is 2.78. The molecule has 0 atom stereocenters. The van der Waals surface area contributed by atoms with Crippen molar-refractivity contribution in [2.24, 2.45) is 0 Å². The second-order valence-electron chi connectivity index (χ2n) is 4.42. The molecule has 0 aliphatic rings. The molecule has 4 nitrogen and oxygen atoms in total. The Bertz CT molecular complexity index is 562. The predicted octanol–water partition coefficient (Wildman–Crippen LogP) is 2.83. The van der Waals surface area contributed by atoms with Crippen LogP contribution in [0.25, 0.3) is 0 Å². The van der Waals surface area contributed by atoms with Crippen molar-refractivity contribution in [1.29, 1.82) is 0 Å². The molecule has 1 amide bonds. The van der Waals surface area contributed by atoms with Crippen molar-refractivity contribution in [3.63, 3.8) is 0 Å². The van der Waals surface area contributed by atoms with Crippen LogP contribution < -0.4 is 5.73 Å². The monoisotopic (exact) mass is 258 g/mol. The molecule has 0 aliphatic heterocycles. The highest BCUT2D eigenvalue weighted by atomic mass is 16.3. The fraction of sp³-hybridized carbons (Fsp3) is 0.267. The molecule has 0 saturated carbocycles. The van der Waals surface area contributed by atoms with Gasteiger partial charge in [0, 0.05) is 17.8 Å². The molecule has 2 rings (SSSR count). The highest BCUT2D eigenvalue weighted by Crippen LogP contribution is 2.18. The van der Waals surface area contributed by atoms with Gasteiger partial charge >= 0.3 is 0 Å². The van der Waals surface area contributed by atoms with E-state index < -0.39 is 0 Å². The van der Waals surface area contributed by atoms with Gasteiger partial charge in [0.2, 0.25) is 0 Å². The molecule has 2 N–H and O–H groups in total. The Morgan fingerprint density at radius 3 is 2.74 bits per heavy atom. The van der Waals surface area contributed by atoms with Gasteiger partial charge in [-0.25, -0.2) is 0 Å². The number of nitrogens with two attached hydrogens (primary N) is 1. The van der Waals surface area contributed by atoms with Crippen molar-refractivity contribution in [1.82, 2.24) is 4.90 Å². The summed E-state index contributed by atoms with van der Waals surface area (Å²) in [6.07, 6.45) is 1.61. The van der Waals surface area contributed by atoms with Gasteiger partial charge < -0.3 is 15.1 Å². The van der Waals surface area contributed by atoms with E-state index in [-0.39, 0.29) is 5.91 Å². The number of nitrogens with zero attached hydrogens (tertiary/aromatic N) is 1. The average molecular weight is 258 g/mol. The highest BCUT2D eigenvalue weighted by Gasteiger charge is 2.18. The largest absolute Gasteiger partial charge is 0.467 e. The molecule has 0 aliphatic carbocycles. The first-order valence-electron chi connectivity index (χ1n) is 6.30. The van der Waals surface area contributed by atoms with E-state index in [0.717, 1.165) is 11.3 Å². The lowest BCUT2D eigenvalue weighted by Gasteiger charge is -2.21. The Labute approximate surface area is 112 Å². The number of hydrogen-bond donors (Lipinski definition) is 1. The van der Waals surface area contributed by atoms with Crippen molar-refractivity contribution < 1.29 is 9.21 Å². The maximum absolute atomic E-state index is 12.5. The zero-order chi connectivity index (χ0) is 13.8. The minimum atomic E-state index is -0.0244. The topological polar surface area (TPSA) is 59.5 Å². The summed E-state index contributed by atoms with van der Waals surface area (Å²) in [4.78, 5) is 14.2. The molecule has 1 heterocycles. The molecule has 1 aromatic heterocycles. The Morgan fingerprint density at radius 1 is 1.32 bits per heavy atom. The van der Waals surface area contributed by atoms with Crippen LogP contribution >= 0.6 is 0 Å². The van der Waals surface area contributed by atoms with Crippen molar-refractivity contribution in [3.05, 3.63) is 53.5 Å². The van der Waals surface area contributed by atoms with Gasteiger partial charge in [-0.2, -0.15) is 0 Å². The number of furan rings is 1. The molecule has 4 heteroatoms. The number of amides is 1. The smallest absolute Gasteiger partial charge is 0.254 e. The van der Waals surface area contributed by atoms with Gasteiger partial charge in [0.15, 0.2) is 0 Å². The van der Waals surface area contributed by atoms with Crippen LogP contribution in [0.15, 0.2) is 41.0 Å². The first-order chi connectivity index (χ1) is 9.13. The number of carbonyl (C=O) groups is 1. The van der Waals surface area contributed by atoms with E-state index in [1.165, 1.54) is 0 Å². The second kappa shape index (κ2) is 5.61. The lowest BCUT2D eigenvalue weighted by atomic mass is 10.1. The molecule has 1 aromatic carbocycles. The Kier molecular flexibility index (Phi) is 3.90. The summed E-state index contributed by atoms with van der Waals surface area (Å²) < 4.78 is 5.29. The number of rotatable bonds is 4. The number of carbonyl (C=O) groups excluding carboxylic acids is 1. The average Bonchev–Trinajstić information content (AvgIpc) is 2.91. The minimum absolute atomic E-state index is 0.0244. The number of benzene rings is 1. The predicted molar refractivity (Wildman–Crippen MR) is 74.7 cm³/mol. The van der Waals surface area contributed by atoms with Gasteiger partial charge in [0.05, 0.1) is 12.8 Å². The van der Waals surface area contributed by atoms with Gasteiger partial charge in [-0.05, 0) is 43.7 Å². The molecule has 0 saturated heterocycles. The minimum Gasteiger partial charge on any atom is -0.467 e. The lowest BCUT2D eigenvalue weighted by molar-refractivity contribution is 0.0740. The SMILES string of the molecule is CCN(Cc1ccco1)C(=O)c1cccc(N)c1C. The van der Waals surface area contributed by atoms with Crippen LogP contribution in [0.4, 0.5) is 5.69 Å². The van der Waals surface area contributed by atoms with E-state index in [1.807, 2.05) is 26.0 Å². The zero-order valence-electron chi connectivity index (χ0n) is 11.2. The van der Waals surface area contributed by atoms with Gasteiger partial charge in [0.25, 0.3) is 5.91 Å². The summed E-state index contributed by atoms with van der Waals surface area (Å²) >= 11 is 0. The van der Waals surface area contributed by atoms with Crippen LogP contribution in [-0.4, -0.2) is 17.4 Å². The van der Waals surface area contributed by atoms with E-state index in [1.54, 1.807) is 29.4 Å². The van der Waals surface area contributed by atoms with Gasteiger partial charge in [-0.15, -0.1) is 0 Å². The summed E-state index contributed by atoms with van der Waals surface area (Å²) in [5.74, 6) is 0.750. The van der Waals surface area contributed by atoms with Crippen LogP contribution in [0.5, 0.6) is 0 Å². The van der Waals surface area contributed by atoms with E-state index in [2.05, 4.69) is 0 Å². The third-order valence-corrected chi connectivity index (χ3v) is 3.20. The molecule has 0 spiro atoms. The summed E-state index contributed by atoms with van der Waals surface area (Å²) in [6, 6.07) is 9.09. The van der Waals surface area contributed by atoms with Crippen LogP contribution in [0, 0.1) is 6.92 Å². The fourth-order valence-corrected chi connectivity index (χ4v) is 1.97. The maximum Gasteiger partial charge on any atom is 0.254 e. The molecule has 0 radical (unpaired) electrons. The molecule has 2 aromatic rings. The quantitative estimate of drug-likeness (QED) is 0.858. The lowest BCUT2D eigenvalue weighted by Crippen LogP contribution is -2.30. The highest BCUT2D eigenvalue weighted by molar-refractivity contribution is 5.96. The molecule has 100 valence electrons. The third-order valence-electron chi connectivity index (χ3n) is 3.20. The number of nitrogen functional groups attached to an aromatic ring is 1. The van der Waals surface area contributed by atoms with Gasteiger partial charge in [-0.1, -0.05) is 6.07 Å². The summed E-state index contributed by atoms with van der Waals surface area (Å²) in [6.45, 7) is 4.90. The number of anilines is 1. The van der Waals surface area contributed by atoms with Crippen molar-refractivity contribution in [3.8, 4) is 0 Å². The molecule has 0 fully saturated rings. The fourth-order valence-electron chi connectivity index (χ4n) is 1.97. The Balaban J connectivity index is 2.23. The molecule has 19 heavy (non-hydrogen) atoms. The van der Waals surface area contributed by atoms with Crippen LogP contribution in [-0.2, 0) is 6.54 Å². The van der Waals surface area contributed by atoms with Crippen LogP contribution in [0.2, 0.25) is 0 Å². The van der Waals surface area contributed by atoms with E-state index in [4.69, 9.17) is 10.2 Å². The van der Waals surface area contributed by atoms with E-state index >= 15 is 0 Å². The van der Waals surface area contributed by atoms with Crippen LogP contribution in [0.3, 0.4) is 0 Å².